The highest BCUT2D eigenvalue weighted by Gasteiger charge is 2.12. The summed E-state index contributed by atoms with van der Waals surface area (Å²) in [5.74, 6) is 0.0113. The van der Waals surface area contributed by atoms with Crippen LogP contribution in [-0.2, 0) is 0 Å². The molecule has 0 amide bonds. The van der Waals surface area contributed by atoms with Crippen molar-refractivity contribution in [1.82, 2.24) is 0 Å². The molecule has 2 N–H and O–H groups in total. The Balaban J connectivity index is 2.17. The topological polar surface area (TPSA) is 43.1 Å². The van der Waals surface area contributed by atoms with Gasteiger partial charge in [-0.25, -0.2) is 0 Å². The van der Waals surface area contributed by atoms with E-state index in [1.165, 1.54) is 0 Å². The average Bonchev–Trinajstić information content (AvgIpc) is 2.45. The average molecular weight is 261 g/mol. The van der Waals surface area contributed by atoms with Crippen molar-refractivity contribution < 1.29 is 4.79 Å². The van der Waals surface area contributed by atoms with Crippen LogP contribution in [0, 0.1) is 6.92 Å². The summed E-state index contributed by atoms with van der Waals surface area (Å²) in [7, 11) is 0. The molecule has 0 fully saturated rings. The lowest BCUT2D eigenvalue weighted by Crippen LogP contribution is -2.03. The second-order valence-electron chi connectivity index (χ2n) is 4.99. The van der Waals surface area contributed by atoms with Crippen LogP contribution in [-0.4, -0.2) is 5.78 Å². The molecular formula is C18H15NO. The third kappa shape index (κ3) is 2.16. The van der Waals surface area contributed by atoms with Crippen molar-refractivity contribution in [3.05, 3.63) is 77.4 Å². The molecule has 0 aromatic heterocycles. The van der Waals surface area contributed by atoms with Crippen molar-refractivity contribution >= 4 is 22.2 Å². The molecule has 0 spiro atoms. The number of carbonyl (C=O) groups excluding carboxylic acids is 1. The molecule has 20 heavy (non-hydrogen) atoms. The predicted octanol–water partition coefficient (Wildman–Crippen LogP) is 3.96. The Labute approximate surface area is 117 Å². The maximum Gasteiger partial charge on any atom is 0.193 e. The number of aryl methyl sites for hydroxylation is 1. The van der Waals surface area contributed by atoms with Crippen LogP contribution >= 0.6 is 0 Å². The molecular weight excluding hydrogens is 246 g/mol. The van der Waals surface area contributed by atoms with Crippen LogP contribution in [0.5, 0.6) is 0 Å². The number of hydrogen-bond donors (Lipinski definition) is 1. The normalized spacial score (nSPS) is 10.7. The van der Waals surface area contributed by atoms with Crippen molar-refractivity contribution in [2.45, 2.75) is 6.92 Å². The summed E-state index contributed by atoms with van der Waals surface area (Å²) in [4.78, 5) is 12.7. The Hall–Kier alpha value is -2.61. The van der Waals surface area contributed by atoms with E-state index in [2.05, 4.69) is 0 Å². The van der Waals surface area contributed by atoms with Crippen LogP contribution < -0.4 is 5.73 Å². The molecule has 0 aliphatic carbocycles. The van der Waals surface area contributed by atoms with Crippen molar-refractivity contribution in [3.63, 3.8) is 0 Å². The molecule has 0 aliphatic heterocycles. The number of hydrogen-bond acceptors (Lipinski definition) is 2. The molecule has 3 aromatic rings. The summed E-state index contributed by atoms with van der Waals surface area (Å²) in [6.07, 6.45) is 0. The standard InChI is InChI=1S/C18H15NO/c1-12-9-14(11-15(19)10-12)18(20)17-8-4-6-13-5-2-3-7-16(13)17/h2-11H,19H2,1H3. The van der Waals surface area contributed by atoms with Crippen molar-refractivity contribution in [3.8, 4) is 0 Å². The van der Waals surface area contributed by atoms with Crippen molar-refractivity contribution in [2.75, 3.05) is 5.73 Å². The Bertz CT molecular complexity index is 780. The molecule has 0 atom stereocenters. The van der Waals surface area contributed by atoms with Gasteiger partial charge in [-0.2, -0.15) is 0 Å². The molecule has 98 valence electrons. The van der Waals surface area contributed by atoms with E-state index in [9.17, 15) is 4.79 Å². The number of nitrogens with two attached hydrogens (primary N) is 1. The summed E-state index contributed by atoms with van der Waals surface area (Å²) in [6.45, 7) is 1.94. The van der Waals surface area contributed by atoms with Gasteiger partial charge in [-0.3, -0.25) is 4.79 Å². The monoisotopic (exact) mass is 261 g/mol. The number of ketones is 1. The summed E-state index contributed by atoms with van der Waals surface area (Å²) >= 11 is 0. The lowest BCUT2D eigenvalue weighted by molar-refractivity contribution is 0.104. The van der Waals surface area contributed by atoms with Gasteiger partial charge in [0, 0.05) is 16.8 Å². The number of fused-ring (bicyclic) bond motifs is 1. The quantitative estimate of drug-likeness (QED) is 0.560. The number of anilines is 1. The second-order valence-corrected chi connectivity index (χ2v) is 4.99. The zero-order valence-electron chi connectivity index (χ0n) is 11.3. The maximum atomic E-state index is 12.7. The molecule has 3 aromatic carbocycles. The van der Waals surface area contributed by atoms with Gasteiger partial charge in [0.05, 0.1) is 0 Å². The molecule has 0 aliphatic rings. The van der Waals surface area contributed by atoms with E-state index in [0.29, 0.717) is 16.8 Å². The first kappa shape index (κ1) is 12.4. The minimum absolute atomic E-state index is 0.0113. The first-order valence-electron chi connectivity index (χ1n) is 6.55. The summed E-state index contributed by atoms with van der Waals surface area (Å²) < 4.78 is 0. The van der Waals surface area contributed by atoms with Gasteiger partial charge in [0.25, 0.3) is 0 Å². The van der Waals surface area contributed by atoms with Crippen LogP contribution in [0.3, 0.4) is 0 Å². The van der Waals surface area contributed by atoms with Gasteiger partial charge in [0.15, 0.2) is 5.78 Å². The molecule has 3 rings (SSSR count). The third-order valence-electron chi connectivity index (χ3n) is 3.40. The van der Waals surface area contributed by atoms with Gasteiger partial charge >= 0.3 is 0 Å². The fourth-order valence-electron chi connectivity index (χ4n) is 2.52. The lowest BCUT2D eigenvalue weighted by atomic mass is 9.96. The Morgan fingerprint density at radius 3 is 2.50 bits per heavy atom. The largest absolute Gasteiger partial charge is 0.399 e. The molecule has 0 heterocycles. The Morgan fingerprint density at radius 2 is 1.70 bits per heavy atom. The number of benzene rings is 3. The van der Waals surface area contributed by atoms with Gasteiger partial charge in [0.2, 0.25) is 0 Å². The molecule has 0 saturated carbocycles. The van der Waals surface area contributed by atoms with E-state index in [0.717, 1.165) is 16.3 Å². The lowest BCUT2D eigenvalue weighted by Gasteiger charge is -2.07. The highest BCUT2D eigenvalue weighted by atomic mass is 16.1. The van der Waals surface area contributed by atoms with Gasteiger partial charge in [-0.1, -0.05) is 42.5 Å². The summed E-state index contributed by atoms with van der Waals surface area (Å²) in [5, 5.41) is 2.04. The van der Waals surface area contributed by atoms with E-state index in [4.69, 9.17) is 5.73 Å². The predicted molar refractivity (Wildman–Crippen MR) is 83.0 cm³/mol. The fraction of sp³-hybridized carbons (Fsp3) is 0.0556. The second kappa shape index (κ2) is 4.82. The molecule has 0 bridgehead atoms. The van der Waals surface area contributed by atoms with Crippen molar-refractivity contribution in [2.24, 2.45) is 0 Å². The summed E-state index contributed by atoms with van der Waals surface area (Å²) in [5.41, 5.74) is 8.80. The number of carbonyl (C=O) groups is 1. The highest BCUT2D eigenvalue weighted by molar-refractivity contribution is 6.16. The fourth-order valence-corrected chi connectivity index (χ4v) is 2.52. The van der Waals surface area contributed by atoms with Crippen LogP contribution in [0.1, 0.15) is 21.5 Å². The van der Waals surface area contributed by atoms with Gasteiger partial charge in [-0.15, -0.1) is 0 Å². The highest BCUT2D eigenvalue weighted by Crippen LogP contribution is 2.22. The van der Waals surface area contributed by atoms with Crippen LogP contribution in [0.2, 0.25) is 0 Å². The number of nitrogen functional groups attached to an aromatic ring is 1. The van der Waals surface area contributed by atoms with Gasteiger partial charge in [0.1, 0.15) is 0 Å². The first-order valence-corrected chi connectivity index (χ1v) is 6.55. The van der Waals surface area contributed by atoms with Crippen LogP contribution in [0.4, 0.5) is 5.69 Å². The molecule has 2 heteroatoms. The van der Waals surface area contributed by atoms with Crippen LogP contribution in [0.15, 0.2) is 60.7 Å². The van der Waals surface area contributed by atoms with E-state index in [1.54, 1.807) is 6.07 Å². The Morgan fingerprint density at radius 1 is 0.950 bits per heavy atom. The molecule has 0 saturated heterocycles. The van der Waals surface area contributed by atoms with Gasteiger partial charge < -0.3 is 5.73 Å². The minimum atomic E-state index is 0.0113. The molecule has 0 radical (unpaired) electrons. The van der Waals surface area contributed by atoms with Gasteiger partial charge in [-0.05, 0) is 41.5 Å². The maximum absolute atomic E-state index is 12.7. The van der Waals surface area contributed by atoms with E-state index < -0.39 is 0 Å². The van der Waals surface area contributed by atoms with E-state index in [-0.39, 0.29) is 5.78 Å². The zero-order valence-corrected chi connectivity index (χ0v) is 11.3. The SMILES string of the molecule is Cc1cc(N)cc(C(=O)c2cccc3ccccc23)c1. The zero-order chi connectivity index (χ0) is 14.1. The van der Waals surface area contributed by atoms with Crippen molar-refractivity contribution in [1.29, 1.82) is 0 Å². The molecule has 0 unspecified atom stereocenters. The summed E-state index contributed by atoms with van der Waals surface area (Å²) in [6, 6.07) is 19.2. The molecule has 2 nitrogen and oxygen atoms in total. The van der Waals surface area contributed by atoms with E-state index in [1.807, 2.05) is 61.5 Å². The first-order chi connectivity index (χ1) is 9.65. The minimum Gasteiger partial charge on any atom is -0.399 e. The Kier molecular flexibility index (Phi) is 2.99. The van der Waals surface area contributed by atoms with E-state index >= 15 is 0 Å². The smallest absolute Gasteiger partial charge is 0.193 e. The third-order valence-corrected chi connectivity index (χ3v) is 3.40. The van der Waals surface area contributed by atoms with Crippen LogP contribution in [0.25, 0.3) is 10.8 Å². The number of rotatable bonds is 2.